The fraction of sp³-hybridized carbons (Fsp3) is 0.368. The summed E-state index contributed by atoms with van der Waals surface area (Å²) in [7, 11) is 0. The van der Waals surface area contributed by atoms with Crippen LogP contribution in [0, 0.1) is 0 Å². The Kier molecular flexibility index (Phi) is 12.7. The van der Waals surface area contributed by atoms with Crippen LogP contribution in [0.2, 0.25) is 0 Å². The van der Waals surface area contributed by atoms with Gasteiger partial charge in [0, 0.05) is 6.42 Å². The molecule has 0 aromatic heterocycles. The molecule has 11 rings (SSSR count). The summed E-state index contributed by atoms with van der Waals surface area (Å²) in [6, 6.07) is 44.6. The second-order valence-electron chi connectivity index (χ2n) is 18.7. The largest absolute Gasteiger partial charge is 0.374 e. The van der Waals surface area contributed by atoms with Crippen LogP contribution >= 0.6 is 0 Å². The number of hydrogen-bond donors (Lipinski definition) is 0. The van der Waals surface area contributed by atoms with Crippen LogP contribution in [0.25, 0.3) is 32.3 Å². The van der Waals surface area contributed by atoms with E-state index in [2.05, 4.69) is 164 Å². The number of hydrogen-bond acceptors (Lipinski definition) is 9. The number of benzene rings is 6. The maximum Gasteiger partial charge on any atom is 0.163 e. The first-order chi connectivity index (χ1) is 32.4. The van der Waals surface area contributed by atoms with Crippen molar-refractivity contribution in [3.05, 3.63) is 181 Å². The van der Waals surface area contributed by atoms with E-state index in [1.54, 1.807) is 0 Å². The lowest BCUT2D eigenvalue weighted by molar-refractivity contribution is -0.322. The minimum atomic E-state index is -0.692. The minimum absolute atomic E-state index is 0.225. The molecule has 0 unspecified atom stereocenters. The zero-order valence-corrected chi connectivity index (χ0v) is 37.6. The molecular weight excluding hydrogens is 829 g/mol. The van der Waals surface area contributed by atoms with Gasteiger partial charge in [0.2, 0.25) is 0 Å². The Morgan fingerprint density at radius 3 is 1.86 bits per heavy atom. The lowest BCUT2D eigenvalue weighted by Crippen LogP contribution is -2.64. The summed E-state index contributed by atoms with van der Waals surface area (Å²) >= 11 is 0. The van der Waals surface area contributed by atoms with Gasteiger partial charge in [-0.05, 0) is 87.5 Å². The Bertz CT molecular complexity index is 2730. The van der Waals surface area contributed by atoms with Crippen molar-refractivity contribution in [3.63, 3.8) is 0 Å². The smallest absolute Gasteiger partial charge is 0.163 e. The third kappa shape index (κ3) is 9.83. The zero-order chi connectivity index (χ0) is 44.5. The molecule has 0 radical (unpaired) electrons. The minimum Gasteiger partial charge on any atom is -0.374 e. The molecule has 11 atom stereocenters. The van der Waals surface area contributed by atoms with Crippen LogP contribution in [0.5, 0.6) is 0 Å². The monoisotopic (exact) mass is 886 g/mol. The van der Waals surface area contributed by atoms with Crippen LogP contribution in [-0.2, 0) is 62.5 Å². The number of fused-ring (bicyclic) bond motifs is 7. The predicted octanol–water partition coefficient (Wildman–Crippen LogP) is 10.5. The molecule has 0 N–H and O–H groups in total. The van der Waals surface area contributed by atoms with Crippen molar-refractivity contribution >= 4 is 32.3 Å². The van der Waals surface area contributed by atoms with Crippen LogP contribution in [-0.4, -0.2) is 86.1 Å². The first kappa shape index (κ1) is 43.5. The van der Waals surface area contributed by atoms with Crippen molar-refractivity contribution in [2.24, 2.45) is 0 Å². The molecule has 5 aliphatic heterocycles. The fourth-order valence-corrected chi connectivity index (χ4v) is 10.1. The van der Waals surface area contributed by atoms with Crippen LogP contribution in [0.15, 0.2) is 164 Å². The third-order valence-electron chi connectivity index (χ3n) is 13.5. The molecule has 6 aromatic rings. The topological polar surface area (TPSA) is 83.1 Å². The molecule has 6 aromatic carbocycles. The van der Waals surface area contributed by atoms with E-state index in [9.17, 15) is 0 Å². The summed E-state index contributed by atoms with van der Waals surface area (Å²) in [5.74, 6) is -0.692. The van der Waals surface area contributed by atoms with Crippen molar-refractivity contribution in [2.75, 3.05) is 13.2 Å². The molecule has 9 nitrogen and oxygen atoms in total. The van der Waals surface area contributed by atoms with E-state index in [0.717, 1.165) is 16.7 Å². The van der Waals surface area contributed by atoms with Gasteiger partial charge in [-0.3, -0.25) is 0 Å². The molecule has 9 heteroatoms. The highest BCUT2D eigenvalue weighted by Crippen LogP contribution is 2.41. The highest BCUT2D eigenvalue weighted by molar-refractivity contribution is 5.84. The van der Waals surface area contributed by atoms with Gasteiger partial charge >= 0.3 is 0 Å². The molecule has 5 heterocycles. The molecular formula is C57H58O9. The first-order valence-corrected chi connectivity index (χ1v) is 23.6. The van der Waals surface area contributed by atoms with Gasteiger partial charge in [-0.25, -0.2) is 0 Å². The van der Waals surface area contributed by atoms with E-state index in [0.29, 0.717) is 45.9 Å². The predicted molar refractivity (Wildman–Crippen MR) is 255 cm³/mol. The summed E-state index contributed by atoms with van der Waals surface area (Å²) in [4.78, 5) is 0. The van der Waals surface area contributed by atoms with E-state index in [1.165, 1.54) is 32.3 Å². The van der Waals surface area contributed by atoms with Gasteiger partial charge < -0.3 is 42.6 Å². The molecule has 66 heavy (non-hydrogen) atoms. The van der Waals surface area contributed by atoms with Crippen molar-refractivity contribution < 1.29 is 42.6 Å². The van der Waals surface area contributed by atoms with Crippen LogP contribution in [0.1, 0.15) is 43.4 Å². The van der Waals surface area contributed by atoms with Gasteiger partial charge in [-0.15, -0.1) is 0 Å². The highest BCUT2D eigenvalue weighted by atomic mass is 16.7. The van der Waals surface area contributed by atoms with E-state index in [4.69, 9.17) is 42.6 Å². The average molecular weight is 887 g/mol. The molecule has 3 fully saturated rings. The first-order valence-electron chi connectivity index (χ1n) is 23.6. The summed E-state index contributed by atoms with van der Waals surface area (Å²) in [6.07, 6.45) is 10.4. The zero-order valence-electron chi connectivity index (χ0n) is 37.6. The van der Waals surface area contributed by atoms with E-state index in [1.807, 2.05) is 13.8 Å². The molecule has 0 spiro atoms. The van der Waals surface area contributed by atoms with Crippen molar-refractivity contribution in [3.8, 4) is 0 Å². The van der Waals surface area contributed by atoms with Crippen molar-refractivity contribution in [1.82, 2.24) is 0 Å². The molecule has 0 amide bonds. The Balaban J connectivity index is 0.833. The number of ether oxygens (including phenoxy) is 9. The lowest BCUT2D eigenvalue weighted by Gasteiger charge is -2.51. The summed E-state index contributed by atoms with van der Waals surface area (Å²) < 4.78 is 60.1. The molecule has 0 bridgehead atoms. The highest BCUT2D eigenvalue weighted by Gasteiger charge is 2.54. The average Bonchev–Trinajstić information content (AvgIpc) is 3.65. The SMILES string of the molecule is CC1(C)OC[C@H]2O[C@H]3C[C@H]4O[C@H]5CC=C[C@H](/C=C/[C@@H](COCc6ccc7ccccc7c6)OCc6ccc7ccccc7c6)O[C@@H]5[C@@H](OCc5ccc6ccccc6c5)[C@@H]4O[C@@H]3C=C[C@@H]2O1. The molecule has 5 aliphatic rings. The Morgan fingerprint density at radius 1 is 0.591 bits per heavy atom. The summed E-state index contributed by atoms with van der Waals surface area (Å²) in [6.45, 7) is 5.99. The maximum atomic E-state index is 7.09. The molecule has 0 saturated carbocycles. The van der Waals surface area contributed by atoms with Gasteiger partial charge in [0.1, 0.15) is 36.6 Å². The van der Waals surface area contributed by atoms with Crippen molar-refractivity contribution in [2.45, 2.75) is 119 Å². The molecule has 0 aliphatic carbocycles. The van der Waals surface area contributed by atoms with Crippen LogP contribution < -0.4 is 0 Å². The van der Waals surface area contributed by atoms with E-state index in [-0.39, 0.29) is 48.8 Å². The van der Waals surface area contributed by atoms with Crippen molar-refractivity contribution in [1.29, 1.82) is 0 Å². The van der Waals surface area contributed by atoms with Crippen LogP contribution in [0.3, 0.4) is 0 Å². The second-order valence-corrected chi connectivity index (χ2v) is 18.7. The Morgan fingerprint density at radius 2 is 1.18 bits per heavy atom. The Labute approximate surface area is 386 Å². The molecule has 3 saturated heterocycles. The molecule has 340 valence electrons. The summed E-state index contributed by atoms with van der Waals surface area (Å²) in [5.41, 5.74) is 3.30. The third-order valence-corrected chi connectivity index (χ3v) is 13.5. The van der Waals surface area contributed by atoms with Gasteiger partial charge in [0.25, 0.3) is 0 Å². The van der Waals surface area contributed by atoms with Gasteiger partial charge in [-0.1, -0.05) is 146 Å². The Hall–Kier alpha value is -5.04. The van der Waals surface area contributed by atoms with Gasteiger partial charge in [0.15, 0.2) is 5.79 Å². The fourth-order valence-electron chi connectivity index (χ4n) is 10.1. The summed E-state index contributed by atoms with van der Waals surface area (Å²) in [5, 5.41) is 7.16. The normalized spacial score (nSPS) is 29.7. The van der Waals surface area contributed by atoms with Gasteiger partial charge in [-0.2, -0.15) is 0 Å². The van der Waals surface area contributed by atoms with E-state index >= 15 is 0 Å². The second kappa shape index (κ2) is 19.3. The maximum absolute atomic E-state index is 7.09. The van der Waals surface area contributed by atoms with E-state index < -0.39 is 24.1 Å². The standard InChI is InChI=1S/C57H58O9/c1-57(2)61-36-53-49(66-57)27-26-48-51(64-53)31-52-55(65-48)56(60-34-39-20-23-42-12-5-8-15-45(42)30-39)54-50(63-52)17-9-16-46(62-54)24-25-47(59-33-38-19-22-41-11-4-7-14-44(41)29-38)35-58-32-37-18-21-40-10-3-6-13-43(40)28-37/h3-16,18-30,46-56H,17,31-36H2,1-2H3/b25-24+/t46-,47+,48-,49+,50+,51+,52-,53-,54+,55-,56-/m1/s1. The lowest BCUT2D eigenvalue weighted by atomic mass is 9.87. The quantitative estimate of drug-likeness (QED) is 0.112. The van der Waals surface area contributed by atoms with Crippen LogP contribution in [0.4, 0.5) is 0 Å². The number of rotatable bonds is 12. The van der Waals surface area contributed by atoms with Gasteiger partial charge in [0.05, 0.1) is 63.6 Å².